The molecule has 0 bridgehead atoms. The van der Waals surface area contributed by atoms with Gasteiger partial charge in [-0.25, -0.2) is 0 Å². The maximum absolute atomic E-state index is 10.6. The largest absolute Gasteiger partial charge is 0.481 e. The molecule has 6 nitrogen and oxygen atoms in total. The predicted molar refractivity (Wildman–Crippen MR) is 66.9 cm³/mol. The summed E-state index contributed by atoms with van der Waals surface area (Å²) in [5, 5.41) is 17.7. The van der Waals surface area contributed by atoms with Gasteiger partial charge in [-0.15, -0.1) is 10.2 Å². The van der Waals surface area contributed by atoms with Crippen LogP contribution in [-0.2, 0) is 9.53 Å². The Hall–Kier alpha value is -1.08. The van der Waals surface area contributed by atoms with Crippen molar-refractivity contribution < 1.29 is 14.6 Å². The van der Waals surface area contributed by atoms with Gasteiger partial charge in [0, 0.05) is 13.0 Å². The molecule has 1 fully saturated rings. The van der Waals surface area contributed by atoms with E-state index in [0.717, 1.165) is 18.7 Å². The van der Waals surface area contributed by atoms with Crippen molar-refractivity contribution in [3.63, 3.8) is 0 Å². The number of hydrogen-bond acceptors (Lipinski definition) is 5. The Morgan fingerprint density at radius 3 is 2.89 bits per heavy atom. The Bertz CT molecular complexity index is 431. The molecule has 1 atom stereocenters. The highest BCUT2D eigenvalue weighted by Gasteiger charge is 2.32. The van der Waals surface area contributed by atoms with Crippen LogP contribution in [0.15, 0.2) is 5.16 Å². The van der Waals surface area contributed by atoms with Gasteiger partial charge in [-0.3, -0.25) is 4.79 Å². The number of aliphatic carboxylic acids is 1. The normalized spacial score (nSPS) is 16.8. The topological polar surface area (TPSA) is 77.2 Å². The second kappa shape index (κ2) is 5.71. The van der Waals surface area contributed by atoms with Gasteiger partial charge < -0.3 is 14.4 Å². The lowest BCUT2D eigenvalue weighted by molar-refractivity contribution is -0.133. The zero-order valence-corrected chi connectivity index (χ0v) is 11.3. The molecule has 1 aliphatic carbocycles. The van der Waals surface area contributed by atoms with E-state index >= 15 is 0 Å². The molecule has 1 unspecified atom stereocenters. The molecule has 18 heavy (non-hydrogen) atoms. The first-order valence-electron chi connectivity index (χ1n) is 5.91. The number of nitrogens with zero attached hydrogens (tertiary/aromatic N) is 3. The predicted octanol–water partition coefficient (Wildman–Crippen LogP) is 1.54. The molecule has 1 aliphatic rings. The molecule has 0 radical (unpaired) electrons. The lowest BCUT2D eigenvalue weighted by Gasteiger charge is -2.16. The van der Waals surface area contributed by atoms with Gasteiger partial charge in [-0.2, -0.15) is 0 Å². The van der Waals surface area contributed by atoms with Crippen molar-refractivity contribution in [3.05, 3.63) is 5.82 Å². The number of rotatable bonds is 7. The number of carboxylic acid groups (broad SMARTS) is 1. The van der Waals surface area contributed by atoms with E-state index in [1.54, 1.807) is 7.11 Å². The molecule has 1 aromatic rings. The number of methoxy groups -OCH3 is 1. The average Bonchev–Trinajstić information content (AvgIpc) is 3.07. The standard InChI is InChI=1S/C11H17N3O3S/c1-7(5-17-2)14-10(8-3-4-8)12-13-11(14)18-6-9(15)16/h7-8H,3-6H2,1-2H3,(H,15,16). The van der Waals surface area contributed by atoms with Gasteiger partial charge in [0.05, 0.1) is 18.4 Å². The third-order valence-corrected chi connectivity index (χ3v) is 3.73. The minimum absolute atomic E-state index is 0.00248. The van der Waals surface area contributed by atoms with Crippen LogP contribution in [0.25, 0.3) is 0 Å². The molecule has 7 heteroatoms. The summed E-state index contributed by atoms with van der Waals surface area (Å²) < 4.78 is 7.18. The van der Waals surface area contributed by atoms with E-state index in [4.69, 9.17) is 9.84 Å². The Balaban J connectivity index is 2.19. The van der Waals surface area contributed by atoms with E-state index in [9.17, 15) is 4.79 Å². The zero-order chi connectivity index (χ0) is 13.1. The number of ether oxygens (including phenoxy) is 1. The summed E-state index contributed by atoms with van der Waals surface area (Å²) in [6.07, 6.45) is 2.28. The lowest BCUT2D eigenvalue weighted by Crippen LogP contribution is -2.15. The first-order chi connectivity index (χ1) is 8.63. The molecule has 1 saturated carbocycles. The number of carboxylic acids is 1. The van der Waals surface area contributed by atoms with Crippen LogP contribution >= 0.6 is 11.8 Å². The van der Waals surface area contributed by atoms with E-state index in [2.05, 4.69) is 10.2 Å². The van der Waals surface area contributed by atoms with Crippen molar-refractivity contribution >= 4 is 17.7 Å². The van der Waals surface area contributed by atoms with E-state index in [0.29, 0.717) is 17.7 Å². The fourth-order valence-corrected chi connectivity index (χ4v) is 2.63. The van der Waals surface area contributed by atoms with Crippen molar-refractivity contribution in [2.24, 2.45) is 0 Å². The SMILES string of the molecule is COCC(C)n1c(SCC(=O)O)nnc1C1CC1. The summed E-state index contributed by atoms with van der Waals surface area (Å²) in [6, 6.07) is 0.122. The van der Waals surface area contributed by atoms with Crippen LogP contribution in [-0.4, -0.2) is 45.3 Å². The second-order valence-corrected chi connectivity index (χ2v) is 5.41. The molecule has 1 N–H and O–H groups in total. The average molecular weight is 271 g/mol. The highest BCUT2D eigenvalue weighted by atomic mass is 32.2. The van der Waals surface area contributed by atoms with Crippen molar-refractivity contribution in [3.8, 4) is 0 Å². The van der Waals surface area contributed by atoms with Gasteiger partial charge in [-0.05, 0) is 19.8 Å². The molecule has 0 aromatic carbocycles. The van der Waals surface area contributed by atoms with E-state index < -0.39 is 5.97 Å². The Kier molecular flexibility index (Phi) is 4.23. The van der Waals surface area contributed by atoms with Crippen LogP contribution in [0.3, 0.4) is 0 Å². The molecule has 2 rings (SSSR count). The van der Waals surface area contributed by atoms with Crippen LogP contribution in [0.5, 0.6) is 0 Å². The summed E-state index contributed by atoms with van der Waals surface area (Å²) >= 11 is 1.21. The number of hydrogen-bond donors (Lipinski definition) is 1. The molecular weight excluding hydrogens is 254 g/mol. The zero-order valence-electron chi connectivity index (χ0n) is 10.5. The summed E-state index contributed by atoms with van der Waals surface area (Å²) in [4.78, 5) is 10.6. The molecule has 0 aliphatic heterocycles. The Morgan fingerprint density at radius 1 is 1.61 bits per heavy atom. The monoisotopic (exact) mass is 271 g/mol. The Labute approximate surface area is 110 Å². The molecule has 100 valence electrons. The summed E-state index contributed by atoms with van der Waals surface area (Å²) in [6.45, 7) is 2.60. The number of carbonyl (C=O) groups is 1. The van der Waals surface area contributed by atoms with E-state index in [1.807, 2.05) is 11.5 Å². The fraction of sp³-hybridized carbons (Fsp3) is 0.727. The van der Waals surface area contributed by atoms with Gasteiger partial charge in [0.1, 0.15) is 5.82 Å². The minimum atomic E-state index is -0.845. The van der Waals surface area contributed by atoms with Gasteiger partial charge in [0.25, 0.3) is 0 Å². The smallest absolute Gasteiger partial charge is 0.313 e. The van der Waals surface area contributed by atoms with Gasteiger partial charge >= 0.3 is 5.97 Å². The maximum Gasteiger partial charge on any atom is 0.313 e. The second-order valence-electron chi connectivity index (χ2n) is 4.47. The highest BCUT2D eigenvalue weighted by molar-refractivity contribution is 7.99. The van der Waals surface area contributed by atoms with E-state index in [-0.39, 0.29) is 11.8 Å². The summed E-state index contributed by atoms with van der Waals surface area (Å²) in [7, 11) is 1.65. The van der Waals surface area contributed by atoms with Gasteiger partial charge in [0.15, 0.2) is 5.16 Å². The maximum atomic E-state index is 10.6. The molecular formula is C11H17N3O3S. The van der Waals surface area contributed by atoms with Crippen molar-refractivity contribution in [2.45, 2.75) is 36.9 Å². The first-order valence-corrected chi connectivity index (χ1v) is 6.90. The van der Waals surface area contributed by atoms with Crippen molar-refractivity contribution in [2.75, 3.05) is 19.5 Å². The van der Waals surface area contributed by atoms with Crippen LogP contribution in [0.2, 0.25) is 0 Å². The van der Waals surface area contributed by atoms with Crippen molar-refractivity contribution in [1.82, 2.24) is 14.8 Å². The third kappa shape index (κ3) is 3.02. The van der Waals surface area contributed by atoms with Gasteiger partial charge in [-0.1, -0.05) is 11.8 Å². The molecule has 0 amide bonds. The quantitative estimate of drug-likeness (QED) is 0.758. The van der Waals surface area contributed by atoms with Crippen LogP contribution in [0, 0.1) is 0 Å². The highest BCUT2D eigenvalue weighted by Crippen LogP contribution is 2.41. The number of aromatic nitrogens is 3. The van der Waals surface area contributed by atoms with E-state index in [1.165, 1.54) is 11.8 Å². The molecule has 1 heterocycles. The molecule has 0 spiro atoms. The van der Waals surface area contributed by atoms with Crippen LogP contribution < -0.4 is 0 Å². The lowest BCUT2D eigenvalue weighted by atomic mass is 10.3. The van der Waals surface area contributed by atoms with Crippen LogP contribution in [0.1, 0.15) is 37.5 Å². The molecule has 1 aromatic heterocycles. The first kappa shape index (κ1) is 13.4. The van der Waals surface area contributed by atoms with Crippen LogP contribution in [0.4, 0.5) is 0 Å². The third-order valence-electron chi connectivity index (χ3n) is 2.81. The fourth-order valence-electron chi connectivity index (χ4n) is 1.86. The van der Waals surface area contributed by atoms with Gasteiger partial charge in [0.2, 0.25) is 0 Å². The summed E-state index contributed by atoms with van der Waals surface area (Å²) in [5.74, 6) is 0.605. The summed E-state index contributed by atoms with van der Waals surface area (Å²) in [5.41, 5.74) is 0. The number of thioether (sulfide) groups is 1. The molecule has 0 saturated heterocycles. The van der Waals surface area contributed by atoms with Crippen molar-refractivity contribution in [1.29, 1.82) is 0 Å². The Morgan fingerprint density at radius 2 is 2.33 bits per heavy atom. The minimum Gasteiger partial charge on any atom is -0.481 e.